The second kappa shape index (κ2) is 8.03. The number of carbonyl (C=O) groups excluding carboxylic acids is 2. The van der Waals surface area contributed by atoms with Crippen molar-refractivity contribution in [3.05, 3.63) is 59.6 Å². The van der Waals surface area contributed by atoms with Crippen LogP contribution in [0.3, 0.4) is 0 Å². The van der Waals surface area contributed by atoms with Crippen LogP contribution in [0.1, 0.15) is 6.42 Å². The van der Waals surface area contributed by atoms with Crippen molar-refractivity contribution in [2.24, 2.45) is 5.92 Å². The van der Waals surface area contributed by atoms with Gasteiger partial charge in [0, 0.05) is 23.7 Å². The van der Waals surface area contributed by atoms with Crippen molar-refractivity contribution in [3.8, 4) is 5.75 Å². The number of anilines is 1. The van der Waals surface area contributed by atoms with E-state index >= 15 is 0 Å². The van der Waals surface area contributed by atoms with Gasteiger partial charge in [0.25, 0.3) is 0 Å². The molecule has 0 saturated carbocycles. The molecule has 0 aromatic heterocycles. The number of hydrogen-bond donors (Lipinski definition) is 1. The molecule has 2 amide bonds. The standard InChI is InChI=1S/C19H19ClN2O3/c20-15-6-8-16(9-7-15)22-13-14(12-18(22)23)19(24)21-10-11-25-17-4-2-1-3-5-17/h1-9,14H,10-13H2,(H,21,24)/t14-/m0/s1. The first-order valence-electron chi connectivity index (χ1n) is 8.15. The van der Waals surface area contributed by atoms with Gasteiger partial charge >= 0.3 is 0 Å². The molecular formula is C19H19ClN2O3. The molecule has 1 aliphatic heterocycles. The van der Waals surface area contributed by atoms with Crippen LogP contribution in [-0.2, 0) is 9.59 Å². The Hall–Kier alpha value is -2.53. The Morgan fingerprint density at radius 1 is 1.16 bits per heavy atom. The minimum Gasteiger partial charge on any atom is -0.492 e. The summed E-state index contributed by atoms with van der Waals surface area (Å²) in [5.74, 6) is 0.242. The fourth-order valence-electron chi connectivity index (χ4n) is 2.76. The predicted molar refractivity (Wildman–Crippen MR) is 96.9 cm³/mol. The fourth-order valence-corrected chi connectivity index (χ4v) is 2.88. The normalized spacial score (nSPS) is 16.8. The van der Waals surface area contributed by atoms with E-state index in [-0.39, 0.29) is 24.2 Å². The summed E-state index contributed by atoms with van der Waals surface area (Å²) in [5.41, 5.74) is 0.761. The third-order valence-corrected chi connectivity index (χ3v) is 4.30. The Morgan fingerprint density at radius 3 is 2.60 bits per heavy atom. The van der Waals surface area contributed by atoms with Crippen molar-refractivity contribution in [2.45, 2.75) is 6.42 Å². The molecule has 6 heteroatoms. The second-order valence-corrected chi connectivity index (χ2v) is 6.27. The number of nitrogens with zero attached hydrogens (tertiary/aromatic N) is 1. The van der Waals surface area contributed by atoms with E-state index in [1.54, 1.807) is 29.2 Å². The third-order valence-electron chi connectivity index (χ3n) is 4.05. The van der Waals surface area contributed by atoms with Crippen LogP contribution in [-0.4, -0.2) is 31.5 Å². The molecule has 130 valence electrons. The van der Waals surface area contributed by atoms with Gasteiger partial charge in [0.2, 0.25) is 11.8 Å². The fraction of sp³-hybridized carbons (Fsp3) is 0.263. The zero-order valence-electron chi connectivity index (χ0n) is 13.7. The Balaban J connectivity index is 1.46. The molecule has 3 rings (SSSR count). The Bertz CT molecular complexity index is 734. The van der Waals surface area contributed by atoms with E-state index in [0.717, 1.165) is 11.4 Å². The lowest BCUT2D eigenvalue weighted by molar-refractivity contribution is -0.126. The molecule has 0 aliphatic carbocycles. The Labute approximate surface area is 151 Å². The van der Waals surface area contributed by atoms with Gasteiger partial charge in [-0.25, -0.2) is 0 Å². The van der Waals surface area contributed by atoms with Crippen molar-refractivity contribution in [3.63, 3.8) is 0 Å². The van der Waals surface area contributed by atoms with Gasteiger partial charge in [-0.05, 0) is 36.4 Å². The molecule has 1 fully saturated rings. The average Bonchev–Trinajstić information content (AvgIpc) is 3.02. The number of benzene rings is 2. The highest BCUT2D eigenvalue weighted by Crippen LogP contribution is 2.26. The molecule has 5 nitrogen and oxygen atoms in total. The lowest BCUT2D eigenvalue weighted by atomic mass is 10.1. The summed E-state index contributed by atoms with van der Waals surface area (Å²) < 4.78 is 5.54. The van der Waals surface area contributed by atoms with Gasteiger partial charge in [-0.3, -0.25) is 9.59 Å². The lowest BCUT2D eigenvalue weighted by Gasteiger charge is -2.16. The van der Waals surface area contributed by atoms with E-state index in [4.69, 9.17) is 16.3 Å². The average molecular weight is 359 g/mol. The summed E-state index contributed by atoms with van der Waals surface area (Å²) in [6.07, 6.45) is 0.216. The van der Waals surface area contributed by atoms with Crippen LogP contribution in [0.2, 0.25) is 5.02 Å². The van der Waals surface area contributed by atoms with Crippen LogP contribution >= 0.6 is 11.6 Å². The van der Waals surface area contributed by atoms with Gasteiger partial charge in [-0.1, -0.05) is 29.8 Å². The Morgan fingerprint density at radius 2 is 1.88 bits per heavy atom. The molecule has 2 aromatic carbocycles. The summed E-state index contributed by atoms with van der Waals surface area (Å²) in [5, 5.41) is 3.45. The van der Waals surface area contributed by atoms with Gasteiger partial charge in [-0.2, -0.15) is 0 Å². The number of hydrogen-bond acceptors (Lipinski definition) is 3. The molecule has 1 heterocycles. The molecule has 1 N–H and O–H groups in total. The topological polar surface area (TPSA) is 58.6 Å². The molecule has 0 spiro atoms. The maximum Gasteiger partial charge on any atom is 0.227 e. The van der Waals surface area contributed by atoms with Crippen LogP contribution in [0.15, 0.2) is 54.6 Å². The summed E-state index contributed by atoms with van der Waals surface area (Å²) in [6.45, 7) is 1.17. The number of amides is 2. The summed E-state index contributed by atoms with van der Waals surface area (Å²) in [4.78, 5) is 26.1. The van der Waals surface area contributed by atoms with Crippen LogP contribution < -0.4 is 15.0 Å². The van der Waals surface area contributed by atoms with E-state index < -0.39 is 0 Å². The number of carbonyl (C=O) groups is 2. The van der Waals surface area contributed by atoms with E-state index in [0.29, 0.717) is 24.7 Å². The molecular weight excluding hydrogens is 340 g/mol. The number of para-hydroxylation sites is 1. The maximum atomic E-state index is 12.3. The minimum absolute atomic E-state index is 0.0528. The van der Waals surface area contributed by atoms with Crippen molar-refractivity contribution >= 4 is 29.1 Å². The van der Waals surface area contributed by atoms with Gasteiger partial charge in [-0.15, -0.1) is 0 Å². The van der Waals surface area contributed by atoms with Crippen molar-refractivity contribution in [2.75, 3.05) is 24.6 Å². The van der Waals surface area contributed by atoms with Gasteiger partial charge in [0.15, 0.2) is 0 Å². The molecule has 2 aromatic rings. The highest BCUT2D eigenvalue weighted by atomic mass is 35.5. The molecule has 1 atom stereocenters. The molecule has 0 bridgehead atoms. The van der Waals surface area contributed by atoms with E-state index in [9.17, 15) is 9.59 Å². The first-order valence-corrected chi connectivity index (χ1v) is 8.53. The zero-order chi connectivity index (χ0) is 17.6. The second-order valence-electron chi connectivity index (χ2n) is 5.83. The molecule has 25 heavy (non-hydrogen) atoms. The number of ether oxygens (including phenoxy) is 1. The van der Waals surface area contributed by atoms with Crippen LogP contribution in [0.4, 0.5) is 5.69 Å². The van der Waals surface area contributed by atoms with Gasteiger partial charge in [0.1, 0.15) is 12.4 Å². The number of halogens is 1. The lowest BCUT2D eigenvalue weighted by Crippen LogP contribution is -2.35. The zero-order valence-corrected chi connectivity index (χ0v) is 14.4. The van der Waals surface area contributed by atoms with E-state index in [1.807, 2.05) is 30.3 Å². The molecule has 1 saturated heterocycles. The quantitative estimate of drug-likeness (QED) is 0.808. The van der Waals surface area contributed by atoms with Gasteiger partial charge in [0.05, 0.1) is 12.5 Å². The highest BCUT2D eigenvalue weighted by Gasteiger charge is 2.34. The highest BCUT2D eigenvalue weighted by molar-refractivity contribution is 6.30. The van der Waals surface area contributed by atoms with Crippen LogP contribution in [0, 0.1) is 5.92 Å². The van der Waals surface area contributed by atoms with Crippen molar-refractivity contribution in [1.29, 1.82) is 0 Å². The first-order chi connectivity index (χ1) is 12.1. The molecule has 1 aliphatic rings. The monoisotopic (exact) mass is 358 g/mol. The predicted octanol–water partition coefficient (Wildman–Crippen LogP) is 2.89. The molecule has 0 unspecified atom stereocenters. The Kier molecular flexibility index (Phi) is 5.56. The minimum atomic E-state index is -0.347. The summed E-state index contributed by atoms with van der Waals surface area (Å²) in [7, 11) is 0. The largest absolute Gasteiger partial charge is 0.492 e. The van der Waals surface area contributed by atoms with Crippen LogP contribution in [0.25, 0.3) is 0 Å². The molecule has 0 radical (unpaired) electrons. The van der Waals surface area contributed by atoms with Crippen molar-refractivity contribution < 1.29 is 14.3 Å². The summed E-state index contributed by atoms with van der Waals surface area (Å²) >= 11 is 5.87. The SMILES string of the molecule is O=C(NCCOc1ccccc1)[C@H]1CC(=O)N(c2ccc(Cl)cc2)C1. The number of nitrogens with one attached hydrogen (secondary N) is 1. The number of rotatable bonds is 6. The first kappa shape index (κ1) is 17.3. The smallest absolute Gasteiger partial charge is 0.227 e. The third kappa shape index (κ3) is 4.51. The maximum absolute atomic E-state index is 12.3. The van der Waals surface area contributed by atoms with Crippen LogP contribution in [0.5, 0.6) is 5.75 Å². The van der Waals surface area contributed by atoms with E-state index in [2.05, 4.69) is 5.32 Å². The summed E-state index contributed by atoms with van der Waals surface area (Å²) in [6, 6.07) is 16.5. The van der Waals surface area contributed by atoms with Gasteiger partial charge < -0.3 is 15.0 Å². The van der Waals surface area contributed by atoms with Crippen molar-refractivity contribution in [1.82, 2.24) is 5.32 Å². The van der Waals surface area contributed by atoms with E-state index in [1.165, 1.54) is 0 Å².